The summed E-state index contributed by atoms with van der Waals surface area (Å²) in [5.41, 5.74) is 2.40. The van der Waals surface area contributed by atoms with Gasteiger partial charge < -0.3 is 0 Å². The zero-order valence-electron chi connectivity index (χ0n) is 12.4. The third-order valence-electron chi connectivity index (χ3n) is 3.13. The summed E-state index contributed by atoms with van der Waals surface area (Å²) in [6.07, 6.45) is 0. The molecule has 0 aromatic heterocycles. The van der Waals surface area contributed by atoms with Crippen molar-refractivity contribution in [3.05, 3.63) is 0 Å². The van der Waals surface area contributed by atoms with E-state index in [0.29, 0.717) is 22.6 Å². The Labute approximate surface area is 123 Å². The highest BCUT2D eigenvalue weighted by molar-refractivity contribution is 8.99. The van der Waals surface area contributed by atoms with E-state index in [0.717, 1.165) is 0 Å². The molecule has 0 nitrogen and oxygen atoms in total. The molecule has 0 aromatic rings. The van der Waals surface area contributed by atoms with Crippen LogP contribution in [0.2, 0.25) is 0 Å². The van der Waals surface area contributed by atoms with E-state index in [1.54, 1.807) is 0 Å². The van der Waals surface area contributed by atoms with E-state index in [4.69, 9.17) is 23.6 Å². The summed E-state index contributed by atoms with van der Waals surface area (Å²) in [5, 5.41) is -2.79. The molecule has 0 unspecified atom stereocenters. The van der Waals surface area contributed by atoms with Gasteiger partial charge in [-0.05, 0) is 22.6 Å². The van der Waals surface area contributed by atoms with E-state index in [-0.39, 0.29) is 0 Å². The first-order chi connectivity index (χ1) is 7.48. The largest absolute Gasteiger partial charge is 0.0853 e. The van der Waals surface area contributed by atoms with Crippen LogP contribution in [0.4, 0.5) is 0 Å². The fourth-order valence-corrected chi connectivity index (χ4v) is 26.2. The molecule has 0 aliphatic heterocycles. The normalized spacial score (nSPS) is 14.4. The molecule has 0 radical (unpaired) electrons. The topological polar surface area (TPSA) is 0 Å². The Morgan fingerprint density at radius 3 is 0.882 bits per heavy atom. The molecule has 0 aliphatic rings. The minimum absolute atomic E-state index is 0.599. The van der Waals surface area contributed by atoms with Crippen LogP contribution in [0.5, 0.6) is 0 Å². The number of hydrogen-bond donors (Lipinski definition) is 0. The van der Waals surface area contributed by atoms with Crippen molar-refractivity contribution in [1.82, 2.24) is 0 Å². The molecule has 0 atom stereocenters. The van der Waals surface area contributed by atoms with Gasteiger partial charge in [0.15, 0.2) is 0 Å². The quantitative estimate of drug-likeness (QED) is 0.537. The Hall–Kier alpha value is 1.65. The van der Waals surface area contributed by atoms with Gasteiger partial charge in [0.1, 0.15) is 0 Å². The Morgan fingerprint density at radius 2 is 0.765 bits per heavy atom. The Kier molecular flexibility index (Phi) is 7.56. The molecule has 0 spiro atoms. The molecule has 0 heterocycles. The van der Waals surface area contributed by atoms with Crippen LogP contribution in [-0.2, 0) is 23.6 Å². The first kappa shape index (κ1) is 18.7. The van der Waals surface area contributed by atoms with Gasteiger partial charge in [0.25, 0.3) is 0 Å². The SMILES string of the molecule is CC(C)P(=S)(SP(=S)(C(C)C)C(C)C)C(C)C. The molecule has 0 amide bonds. The molecule has 0 aromatic carbocycles. The van der Waals surface area contributed by atoms with E-state index in [1.807, 2.05) is 0 Å². The molecule has 0 saturated heterocycles. The van der Waals surface area contributed by atoms with E-state index < -0.39 is 10.5 Å². The maximum absolute atomic E-state index is 6.07. The monoisotopic (exact) mass is 330 g/mol. The Balaban J connectivity index is 5.39. The standard InChI is InChI=1S/C12H28P2S3/c1-9(2)13(15,10(3)4)17-14(16,11(5)6)12(7)8/h9-12H,1-8H3. The van der Waals surface area contributed by atoms with Crippen LogP contribution < -0.4 is 0 Å². The van der Waals surface area contributed by atoms with E-state index in [2.05, 4.69) is 66.4 Å². The zero-order chi connectivity index (χ0) is 14.0. The molecule has 5 heteroatoms. The average molecular weight is 331 g/mol. The van der Waals surface area contributed by atoms with Crippen molar-refractivity contribution < 1.29 is 0 Å². The van der Waals surface area contributed by atoms with Gasteiger partial charge in [0, 0.05) is 10.5 Å². The lowest BCUT2D eigenvalue weighted by molar-refractivity contribution is 1.02. The third-order valence-corrected chi connectivity index (χ3v) is 29.2. The second-order valence-corrected chi connectivity index (χ2v) is 23.2. The maximum atomic E-state index is 6.07. The summed E-state index contributed by atoms with van der Waals surface area (Å²) in [4.78, 5) is 0. The van der Waals surface area contributed by atoms with E-state index in [9.17, 15) is 0 Å². The van der Waals surface area contributed by atoms with Crippen LogP contribution >= 0.6 is 21.5 Å². The predicted octanol–water partition coefficient (Wildman–Crippen LogP) is 6.14. The summed E-state index contributed by atoms with van der Waals surface area (Å²) >= 11 is 14.2. The smallest absolute Gasteiger partial charge is 0.0166 e. The lowest BCUT2D eigenvalue weighted by Gasteiger charge is -2.38. The van der Waals surface area contributed by atoms with Crippen LogP contribution in [0.3, 0.4) is 0 Å². The van der Waals surface area contributed by atoms with Crippen LogP contribution in [0.1, 0.15) is 55.4 Å². The Bertz CT molecular complexity index is 277. The summed E-state index contributed by atoms with van der Waals surface area (Å²) in [5.74, 6) is 0. The van der Waals surface area contributed by atoms with Gasteiger partial charge in [-0.15, -0.1) is 0 Å². The third kappa shape index (κ3) is 4.32. The van der Waals surface area contributed by atoms with Gasteiger partial charge in [0.2, 0.25) is 0 Å². The van der Waals surface area contributed by atoms with Gasteiger partial charge in [-0.2, -0.15) is 0 Å². The molecule has 0 fully saturated rings. The molecule has 0 N–H and O–H groups in total. The van der Waals surface area contributed by atoms with E-state index in [1.165, 1.54) is 0 Å². The van der Waals surface area contributed by atoms with Gasteiger partial charge in [0.05, 0.1) is 0 Å². The van der Waals surface area contributed by atoms with Gasteiger partial charge in [-0.3, -0.25) is 0 Å². The molecule has 0 saturated carbocycles. The van der Waals surface area contributed by atoms with Crippen LogP contribution in [0.15, 0.2) is 0 Å². The lowest BCUT2D eigenvalue weighted by atomic mass is 10.5. The van der Waals surface area contributed by atoms with Crippen LogP contribution in [0.25, 0.3) is 0 Å². The second kappa shape index (κ2) is 6.89. The Morgan fingerprint density at radius 1 is 0.588 bits per heavy atom. The van der Waals surface area contributed by atoms with Crippen molar-refractivity contribution >= 4 is 45.1 Å². The first-order valence-corrected chi connectivity index (χ1v) is 14.3. The van der Waals surface area contributed by atoms with Crippen molar-refractivity contribution in [1.29, 1.82) is 0 Å². The summed E-state index contributed by atoms with van der Waals surface area (Å²) in [6.45, 7) is 18.3. The molecular weight excluding hydrogens is 302 g/mol. The summed E-state index contributed by atoms with van der Waals surface area (Å²) in [7, 11) is 0. The molecule has 17 heavy (non-hydrogen) atoms. The summed E-state index contributed by atoms with van der Waals surface area (Å²) in [6, 6.07) is 0. The van der Waals surface area contributed by atoms with Crippen molar-refractivity contribution in [2.45, 2.75) is 78.0 Å². The minimum atomic E-state index is -1.40. The van der Waals surface area contributed by atoms with Crippen molar-refractivity contribution in [2.24, 2.45) is 0 Å². The van der Waals surface area contributed by atoms with Crippen LogP contribution in [-0.4, -0.2) is 22.6 Å². The van der Waals surface area contributed by atoms with Gasteiger partial charge in [-0.25, -0.2) is 0 Å². The fourth-order valence-electron chi connectivity index (χ4n) is 1.77. The second-order valence-electron chi connectivity index (χ2n) is 5.75. The zero-order valence-corrected chi connectivity index (χ0v) is 16.7. The van der Waals surface area contributed by atoms with Crippen molar-refractivity contribution in [3.63, 3.8) is 0 Å². The highest BCUT2D eigenvalue weighted by Gasteiger charge is 2.36. The average Bonchev–Trinajstić information content (AvgIpc) is 2.15. The molecule has 0 bridgehead atoms. The van der Waals surface area contributed by atoms with Crippen molar-refractivity contribution in [2.75, 3.05) is 0 Å². The summed E-state index contributed by atoms with van der Waals surface area (Å²) < 4.78 is 0. The lowest BCUT2D eigenvalue weighted by Crippen LogP contribution is -2.10. The van der Waals surface area contributed by atoms with Crippen molar-refractivity contribution in [3.8, 4) is 0 Å². The molecule has 0 rings (SSSR count). The molecule has 0 aliphatic carbocycles. The number of rotatable bonds is 6. The highest BCUT2D eigenvalue weighted by Crippen LogP contribution is 2.84. The van der Waals surface area contributed by atoms with Crippen LogP contribution in [0, 0.1) is 0 Å². The van der Waals surface area contributed by atoms with Gasteiger partial charge in [-0.1, -0.05) is 90.0 Å². The first-order valence-electron chi connectivity index (χ1n) is 6.38. The maximum Gasteiger partial charge on any atom is 0.0166 e. The number of hydrogen-bond acceptors (Lipinski definition) is 3. The van der Waals surface area contributed by atoms with E-state index >= 15 is 0 Å². The molecular formula is C12H28P2S3. The van der Waals surface area contributed by atoms with Gasteiger partial charge >= 0.3 is 0 Å². The minimum Gasteiger partial charge on any atom is -0.0853 e. The highest BCUT2D eigenvalue weighted by atomic mass is 33.2. The predicted molar refractivity (Wildman–Crippen MR) is 96.7 cm³/mol. The molecule has 104 valence electrons. The fraction of sp³-hybridized carbons (Fsp3) is 1.00.